The monoisotopic (exact) mass is 212 g/mol. The van der Waals surface area contributed by atoms with Crippen molar-refractivity contribution < 1.29 is 4.74 Å². The Morgan fingerprint density at radius 3 is 2.67 bits per heavy atom. The van der Waals surface area contributed by atoms with Crippen molar-refractivity contribution in [3.05, 3.63) is 0 Å². The van der Waals surface area contributed by atoms with Crippen molar-refractivity contribution in [2.24, 2.45) is 11.7 Å². The molecule has 15 heavy (non-hydrogen) atoms. The molecule has 2 N–H and O–H groups in total. The molecule has 0 radical (unpaired) electrons. The van der Waals surface area contributed by atoms with E-state index in [0.717, 1.165) is 38.1 Å². The third-order valence-electron chi connectivity index (χ3n) is 3.76. The fraction of sp³-hybridized carbons (Fsp3) is 1.00. The van der Waals surface area contributed by atoms with E-state index in [1.165, 1.54) is 38.8 Å². The summed E-state index contributed by atoms with van der Waals surface area (Å²) in [4.78, 5) is 2.66. The molecule has 2 aliphatic rings. The van der Waals surface area contributed by atoms with Crippen LogP contribution in [0.4, 0.5) is 0 Å². The fourth-order valence-electron chi connectivity index (χ4n) is 2.53. The summed E-state index contributed by atoms with van der Waals surface area (Å²) in [6.45, 7) is 5.21. The average Bonchev–Trinajstić information content (AvgIpc) is 2.64. The molecule has 1 atom stereocenters. The van der Waals surface area contributed by atoms with E-state index >= 15 is 0 Å². The zero-order chi connectivity index (χ0) is 10.5. The molecule has 0 spiro atoms. The quantitative estimate of drug-likeness (QED) is 0.719. The largest absolute Gasteiger partial charge is 0.381 e. The number of nitrogens with zero attached hydrogens (tertiary/aromatic N) is 1. The van der Waals surface area contributed by atoms with Crippen molar-refractivity contribution in [1.82, 2.24) is 4.90 Å². The number of rotatable bonds is 6. The topological polar surface area (TPSA) is 38.5 Å². The summed E-state index contributed by atoms with van der Waals surface area (Å²) in [5, 5.41) is 0. The van der Waals surface area contributed by atoms with E-state index in [1.54, 1.807) is 0 Å². The molecule has 3 heteroatoms. The second-order valence-corrected chi connectivity index (χ2v) is 4.95. The van der Waals surface area contributed by atoms with Gasteiger partial charge in [0.2, 0.25) is 0 Å². The minimum atomic E-state index is 0.781. The molecule has 1 saturated heterocycles. The summed E-state index contributed by atoms with van der Waals surface area (Å²) >= 11 is 0. The Morgan fingerprint density at radius 1 is 1.27 bits per heavy atom. The van der Waals surface area contributed by atoms with Crippen molar-refractivity contribution in [1.29, 1.82) is 0 Å². The van der Waals surface area contributed by atoms with Gasteiger partial charge in [0, 0.05) is 19.2 Å². The molecule has 2 rings (SSSR count). The standard InChI is InChI=1S/C12H24N2O/c13-6-2-7-14(12-3-1-4-12)9-11-5-8-15-10-11/h11-12H,1-10,13H2. The van der Waals surface area contributed by atoms with Crippen LogP contribution in [-0.4, -0.2) is 43.8 Å². The smallest absolute Gasteiger partial charge is 0.0507 e. The second kappa shape index (κ2) is 5.83. The molecule has 1 aliphatic carbocycles. The predicted octanol–water partition coefficient (Wildman–Crippen LogP) is 1.23. The van der Waals surface area contributed by atoms with E-state index < -0.39 is 0 Å². The molecule has 88 valence electrons. The normalized spacial score (nSPS) is 27.2. The Labute approximate surface area is 93.0 Å². The van der Waals surface area contributed by atoms with Gasteiger partial charge in [-0.15, -0.1) is 0 Å². The summed E-state index contributed by atoms with van der Waals surface area (Å²) in [7, 11) is 0. The van der Waals surface area contributed by atoms with Gasteiger partial charge in [-0.05, 0) is 44.7 Å². The van der Waals surface area contributed by atoms with Gasteiger partial charge in [0.15, 0.2) is 0 Å². The van der Waals surface area contributed by atoms with Gasteiger partial charge >= 0.3 is 0 Å². The van der Waals surface area contributed by atoms with Crippen LogP contribution in [0.15, 0.2) is 0 Å². The maximum atomic E-state index is 5.59. The lowest BCUT2D eigenvalue weighted by molar-refractivity contribution is 0.0990. The Balaban J connectivity index is 1.75. The Morgan fingerprint density at radius 2 is 2.13 bits per heavy atom. The van der Waals surface area contributed by atoms with Gasteiger partial charge in [0.05, 0.1) is 6.61 Å². The number of nitrogens with two attached hydrogens (primary N) is 1. The molecule has 0 aromatic heterocycles. The molecule has 0 amide bonds. The van der Waals surface area contributed by atoms with Crippen molar-refractivity contribution in [3.8, 4) is 0 Å². The van der Waals surface area contributed by atoms with E-state index in [0.29, 0.717) is 0 Å². The Hall–Kier alpha value is -0.120. The van der Waals surface area contributed by atoms with Crippen molar-refractivity contribution in [3.63, 3.8) is 0 Å². The maximum absolute atomic E-state index is 5.59. The van der Waals surface area contributed by atoms with Gasteiger partial charge < -0.3 is 10.5 Å². The van der Waals surface area contributed by atoms with Crippen molar-refractivity contribution in [2.45, 2.75) is 38.1 Å². The zero-order valence-electron chi connectivity index (χ0n) is 9.66. The minimum Gasteiger partial charge on any atom is -0.381 e. The van der Waals surface area contributed by atoms with Crippen LogP contribution in [0.2, 0.25) is 0 Å². The molecule has 1 saturated carbocycles. The lowest BCUT2D eigenvalue weighted by Gasteiger charge is -2.38. The molecule has 1 heterocycles. The second-order valence-electron chi connectivity index (χ2n) is 4.95. The highest BCUT2D eigenvalue weighted by atomic mass is 16.5. The van der Waals surface area contributed by atoms with Gasteiger partial charge in [-0.25, -0.2) is 0 Å². The first-order chi connectivity index (χ1) is 7.40. The Kier molecular flexibility index (Phi) is 4.42. The molecular weight excluding hydrogens is 188 g/mol. The van der Waals surface area contributed by atoms with Gasteiger partial charge in [-0.1, -0.05) is 6.42 Å². The molecule has 3 nitrogen and oxygen atoms in total. The molecule has 1 aliphatic heterocycles. The molecule has 0 aromatic rings. The van der Waals surface area contributed by atoms with E-state index in [4.69, 9.17) is 10.5 Å². The van der Waals surface area contributed by atoms with Gasteiger partial charge in [0.25, 0.3) is 0 Å². The van der Waals surface area contributed by atoms with Crippen LogP contribution >= 0.6 is 0 Å². The number of hydrogen-bond acceptors (Lipinski definition) is 3. The van der Waals surface area contributed by atoms with Crippen molar-refractivity contribution >= 4 is 0 Å². The van der Waals surface area contributed by atoms with Crippen LogP contribution in [0.5, 0.6) is 0 Å². The highest BCUT2D eigenvalue weighted by Crippen LogP contribution is 2.26. The van der Waals surface area contributed by atoms with Crippen molar-refractivity contribution in [2.75, 3.05) is 32.8 Å². The lowest BCUT2D eigenvalue weighted by Crippen LogP contribution is -2.43. The van der Waals surface area contributed by atoms with Gasteiger partial charge in [0.1, 0.15) is 0 Å². The zero-order valence-corrected chi connectivity index (χ0v) is 9.66. The molecule has 1 unspecified atom stereocenters. The summed E-state index contributed by atoms with van der Waals surface area (Å²) in [6, 6.07) is 0.858. The van der Waals surface area contributed by atoms with Crippen LogP contribution < -0.4 is 5.73 Å². The average molecular weight is 212 g/mol. The van der Waals surface area contributed by atoms with Crippen LogP contribution in [0.1, 0.15) is 32.1 Å². The summed E-state index contributed by atoms with van der Waals surface area (Å²) in [5.41, 5.74) is 5.59. The van der Waals surface area contributed by atoms with Crippen LogP contribution in [0.3, 0.4) is 0 Å². The van der Waals surface area contributed by atoms with Crippen LogP contribution in [0.25, 0.3) is 0 Å². The highest BCUT2D eigenvalue weighted by Gasteiger charge is 2.27. The first-order valence-corrected chi connectivity index (χ1v) is 6.42. The fourth-order valence-corrected chi connectivity index (χ4v) is 2.53. The third-order valence-corrected chi connectivity index (χ3v) is 3.76. The SMILES string of the molecule is NCCCN(CC1CCOC1)C1CCC1. The summed E-state index contributed by atoms with van der Waals surface area (Å²) in [6.07, 6.45) is 6.62. The van der Waals surface area contributed by atoms with Crippen LogP contribution in [-0.2, 0) is 4.74 Å². The summed E-state index contributed by atoms with van der Waals surface area (Å²) < 4.78 is 5.44. The molecule has 0 bridgehead atoms. The van der Waals surface area contributed by atoms with E-state index in [2.05, 4.69) is 4.90 Å². The van der Waals surface area contributed by atoms with Gasteiger partial charge in [-0.3, -0.25) is 4.90 Å². The number of ether oxygens (including phenoxy) is 1. The lowest BCUT2D eigenvalue weighted by atomic mass is 9.90. The first-order valence-electron chi connectivity index (χ1n) is 6.42. The third kappa shape index (κ3) is 3.16. The predicted molar refractivity (Wildman–Crippen MR) is 61.8 cm³/mol. The van der Waals surface area contributed by atoms with E-state index in [-0.39, 0.29) is 0 Å². The van der Waals surface area contributed by atoms with Gasteiger partial charge in [-0.2, -0.15) is 0 Å². The molecule has 0 aromatic carbocycles. The van der Waals surface area contributed by atoms with E-state index in [9.17, 15) is 0 Å². The summed E-state index contributed by atoms with van der Waals surface area (Å²) in [5.74, 6) is 0.781. The molecular formula is C12H24N2O. The minimum absolute atomic E-state index is 0.781. The number of hydrogen-bond donors (Lipinski definition) is 1. The highest BCUT2D eigenvalue weighted by molar-refractivity contribution is 4.82. The Bertz CT molecular complexity index is 176. The van der Waals surface area contributed by atoms with Crippen LogP contribution in [0, 0.1) is 5.92 Å². The van der Waals surface area contributed by atoms with E-state index in [1.807, 2.05) is 0 Å². The maximum Gasteiger partial charge on any atom is 0.0507 e. The molecule has 2 fully saturated rings. The first kappa shape index (κ1) is 11.4.